The van der Waals surface area contributed by atoms with Crippen molar-refractivity contribution in [1.82, 2.24) is 0 Å². The van der Waals surface area contributed by atoms with Gasteiger partial charge in [-0.3, -0.25) is 0 Å². The van der Waals surface area contributed by atoms with Crippen LogP contribution in [0.1, 0.15) is 25.0 Å². The van der Waals surface area contributed by atoms with Crippen LogP contribution < -0.4 is 0 Å². The first-order valence-corrected chi connectivity index (χ1v) is 4.59. The first-order valence-electron chi connectivity index (χ1n) is 4.22. The van der Waals surface area contributed by atoms with Crippen LogP contribution in [0.3, 0.4) is 0 Å². The highest BCUT2D eigenvalue weighted by Gasteiger charge is 2.12. The van der Waals surface area contributed by atoms with Gasteiger partial charge in [-0.2, -0.15) is 0 Å². The Bertz CT molecular complexity index is 273. The molecule has 1 aromatic rings. The van der Waals surface area contributed by atoms with Crippen LogP contribution in [-0.4, -0.2) is 16.3 Å². The molecule has 1 rings (SSSR count). The topological polar surface area (TPSA) is 40.5 Å². The lowest BCUT2D eigenvalue weighted by atomic mass is 10.0. The van der Waals surface area contributed by atoms with Crippen molar-refractivity contribution in [2.75, 3.05) is 0 Å². The molecule has 72 valence electrons. The Morgan fingerprint density at radius 3 is 2.46 bits per heavy atom. The number of aliphatic hydroxyl groups excluding tert-OH is 2. The van der Waals surface area contributed by atoms with Gasteiger partial charge < -0.3 is 10.2 Å². The molecular weight excluding hydrogens is 188 g/mol. The normalized spacial score (nSPS) is 15.4. The summed E-state index contributed by atoms with van der Waals surface area (Å²) in [6, 6.07) is 7.10. The van der Waals surface area contributed by atoms with Gasteiger partial charge in [0.2, 0.25) is 0 Å². The molecule has 2 nitrogen and oxygen atoms in total. The van der Waals surface area contributed by atoms with Crippen LogP contribution in [0.25, 0.3) is 0 Å². The molecule has 0 spiro atoms. The van der Waals surface area contributed by atoms with Crippen molar-refractivity contribution in [3.05, 3.63) is 34.9 Å². The third-order valence-electron chi connectivity index (χ3n) is 1.83. The molecule has 3 heteroatoms. The second-order valence-corrected chi connectivity index (χ2v) is 3.53. The average Bonchev–Trinajstić information content (AvgIpc) is 2.03. The minimum Gasteiger partial charge on any atom is -0.393 e. The van der Waals surface area contributed by atoms with Gasteiger partial charge >= 0.3 is 0 Å². The largest absolute Gasteiger partial charge is 0.393 e. The third-order valence-corrected chi connectivity index (χ3v) is 2.17. The summed E-state index contributed by atoms with van der Waals surface area (Å²) in [6.07, 6.45) is -0.899. The van der Waals surface area contributed by atoms with Gasteiger partial charge in [0.25, 0.3) is 0 Å². The van der Waals surface area contributed by atoms with E-state index in [1.165, 1.54) is 0 Å². The van der Waals surface area contributed by atoms with Gasteiger partial charge in [0, 0.05) is 11.4 Å². The quantitative estimate of drug-likeness (QED) is 0.785. The molecule has 0 saturated heterocycles. The van der Waals surface area contributed by atoms with Gasteiger partial charge in [0.1, 0.15) is 0 Å². The van der Waals surface area contributed by atoms with Crippen molar-refractivity contribution < 1.29 is 10.2 Å². The second-order valence-electron chi connectivity index (χ2n) is 3.12. The Hall–Kier alpha value is -0.570. The van der Waals surface area contributed by atoms with Crippen molar-refractivity contribution in [2.24, 2.45) is 0 Å². The molecule has 0 radical (unpaired) electrons. The van der Waals surface area contributed by atoms with Crippen molar-refractivity contribution >= 4 is 11.6 Å². The van der Waals surface area contributed by atoms with Crippen LogP contribution in [0.5, 0.6) is 0 Å². The van der Waals surface area contributed by atoms with E-state index in [1.807, 2.05) is 6.07 Å². The summed E-state index contributed by atoms with van der Waals surface area (Å²) in [7, 11) is 0. The van der Waals surface area contributed by atoms with E-state index in [9.17, 15) is 5.11 Å². The number of hydrogen-bond acceptors (Lipinski definition) is 2. The highest BCUT2D eigenvalue weighted by molar-refractivity contribution is 6.31. The van der Waals surface area contributed by atoms with Crippen LogP contribution in [-0.2, 0) is 0 Å². The predicted molar refractivity (Wildman–Crippen MR) is 52.7 cm³/mol. The lowest BCUT2D eigenvalue weighted by molar-refractivity contribution is 0.0908. The van der Waals surface area contributed by atoms with E-state index in [2.05, 4.69) is 0 Å². The molecular formula is C10H13ClO2. The summed E-state index contributed by atoms with van der Waals surface area (Å²) in [5, 5.41) is 19.2. The Morgan fingerprint density at radius 2 is 1.92 bits per heavy atom. The van der Waals surface area contributed by atoms with Gasteiger partial charge in [-0.15, -0.1) is 0 Å². The van der Waals surface area contributed by atoms with Gasteiger partial charge in [0.05, 0.1) is 12.2 Å². The number of benzene rings is 1. The number of rotatable bonds is 3. The molecule has 2 N–H and O–H groups in total. The van der Waals surface area contributed by atoms with Gasteiger partial charge in [-0.1, -0.05) is 29.8 Å². The Kier molecular flexibility index (Phi) is 3.72. The zero-order valence-corrected chi connectivity index (χ0v) is 8.20. The average molecular weight is 201 g/mol. The minimum absolute atomic E-state index is 0.309. The Balaban J connectivity index is 2.76. The Morgan fingerprint density at radius 1 is 1.31 bits per heavy atom. The second kappa shape index (κ2) is 4.61. The summed E-state index contributed by atoms with van der Waals surface area (Å²) in [6.45, 7) is 1.64. The predicted octanol–water partition coefficient (Wildman–Crippen LogP) is 2.14. The summed E-state index contributed by atoms with van der Waals surface area (Å²) < 4.78 is 0. The van der Waals surface area contributed by atoms with E-state index in [0.717, 1.165) is 0 Å². The molecule has 1 aromatic carbocycles. The first-order chi connectivity index (χ1) is 6.11. The van der Waals surface area contributed by atoms with Crippen LogP contribution in [0.4, 0.5) is 0 Å². The van der Waals surface area contributed by atoms with E-state index in [4.69, 9.17) is 16.7 Å². The zero-order valence-electron chi connectivity index (χ0n) is 7.44. The standard InChI is InChI=1S/C10H13ClO2/c1-7(12)6-10(13)8-4-2-3-5-9(8)11/h2-5,7,10,12-13H,6H2,1H3/t7-,10-/m1/s1. The van der Waals surface area contributed by atoms with Crippen LogP contribution in [0.2, 0.25) is 5.02 Å². The maximum absolute atomic E-state index is 9.63. The van der Waals surface area contributed by atoms with E-state index in [1.54, 1.807) is 25.1 Å². The molecule has 0 aliphatic rings. The van der Waals surface area contributed by atoms with Crippen LogP contribution in [0.15, 0.2) is 24.3 Å². The van der Waals surface area contributed by atoms with E-state index < -0.39 is 12.2 Å². The molecule has 0 aliphatic carbocycles. The van der Waals surface area contributed by atoms with Crippen molar-refractivity contribution in [3.63, 3.8) is 0 Å². The smallest absolute Gasteiger partial charge is 0.0828 e. The monoisotopic (exact) mass is 200 g/mol. The zero-order chi connectivity index (χ0) is 9.84. The van der Waals surface area contributed by atoms with Gasteiger partial charge in [0.15, 0.2) is 0 Å². The van der Waals surface area contributed by atoms with Gasteiger partial charge in [-0.25, -0.2) is 0 Å². The molecule has 0 saturated carbocycles. The maximum atomic E-state index is 9.63. The van der Waals surface area contributed by atoms with E-state index >= 15 is 0 Å². The van der Waals surface area contributed by atoms with Crippen LogP contribution >= 0.6 is 11.6 Å². The number of hydrogen-bond donors (Lipinski definition) is 2. The third kappa shape index (κ3) is 2.99. The molecule has 2 atom stereocenters. The van der Waals surface area contributed by atoms with Crippen molar-refractivity contribution in [3.8, 4) is 0 Å². The fourth-order valence-corrected chi connectivity index (χ4v) is 1.46. The number of aliphatic hydroxyl groups is 2. The fraction of sp³-hybridized carbons (Fsp3) is 0.400. The lowest BCUT2D eigenvalue weighted by Gasteiger charge is -2.13. The number of halogens is 1. The lowest BCUT2D eigenvalue weighted by Crippen LogP contribution is -2.08. The van der Waals surface area contributed by atoms with Gasteiger partial charge in [-0.05, 0) is 18.6 Å². The molecule has 0 bridgehead atoms. The molecule has 13 heavy (non-hydrogen) atoms. The SMILES string of the molecule is C[C@@H](O)C[C@@H](O)c1ccccc1Cl. The van der Waals surface area contributed by atoms with E-state index in [0.29, 0.717) is 17.0 Å². The van der Waals surface area contributed by atoms with Crippen molar-refractivity contribution in [1.29, 1.82) is 0 Å². The summed E-state index contributed by atoms with van der Waals surface area (Å²) >= 11 is 5.86. The minimum atomic E-state index is -0.686. The van der Waals surface area contributed by atoms with Crippen LogP contribution in [0, 0.1) is 0 Å². The molecule has 0 amide bonds. The maximum Gasteiger partial charge on any atom is 0.0828 e. The molecule has 0 fully saturated rings. The highest BCUT2D eigenvalue weighted by atomic mass is 35.5. The summed E-state index contributed by atoms with van der Waals surface area (Å²) in [5.41, 5.74) is 0.671. The highest BCUT2D eigenvalue weighted by Crippen LogP contribution is 2.25. The molecule has 0 heterocycles. The first kappa shape index (κ1) is 10.5. The Labute approximate surface area is 82.8 Å². The van der Waals surface area contributed by atoms with E-state index in [-0.39, 0.29) is 0 Å². The molecule has 0 aromatic heterocycles. The van der Waals surface area contributed by atoms with Crippen molar-refractivity contribution in [2.45, 2.75) is 25.6 Å². The fourth-order valence-electron chi connectivity index (χ4n) is 1.20. The summed E-state index contributed by atoms with van der Waals surface area (Å²) in [5.74, 6) is 0. The molecule has 0 unspecified atom stereocenters. The molecule has 0 aliphatic heterocycles. The summed E-state index contributed by atoms with van der Waals surface area (Å²) in [4.78, 5) is 0.